The number of nitrogens with zero attached hydrogens (tertiary/aromatic N) is 1. The second-order valence-electron chi connectivity index (χ2n) is 6.19. The Morgan fingerprint density at radius 3 is 2.70 bits per heavy atom. The van der Waals surface area contributed by atoms with Crippen LogP contribution in [0.4, 0.5) is 0 Å². The highest BCUT2D eigenvalue weighted by atomic mass is 16.5. The van der Waals surface area contributed by atoms with Crippen LogP contribution >= 0.6 is 0 Å². The van der Waals surface area contributed by atoms with Crippen molar-refractivity contribution in [3.8, 4) is 11.5 Å². The van der Waals surface area contributed by atoms with E-state index < -0.39 is 0 Å². The van der Waals surface area contributed by atoms with E-state index in [-0.39, 0.29) is 17.1 Å². The van der Waals surface area contributed by atoms with Gasteiger partial charge in [0.05, 0.1) is 12.7 Å². The molecular formula is C16H23NO3. The standard InChI is InChI=1S/C16H23NO3/c1-16(2)7-4-9-17(10-8-16)15(19)13-6-5-12(20-3)11-14(13)18/h5-6,11,18H,4,7-10H2,1-3H3. The van der Waals surface area contributed by atoms with Crippen LogP contribution in [0.2, 0.25) is 0 Å². The van der Waals surface area contributed by atoms with Gasteiger partial charge in [0.15, 0.2) is 0 Å². The molecular weight excluding hydrogens is 254 g/mol. The van der Waals surface area contributed by atoms with Crippen molar-refractivity contribution in [3.05, 3.63) is 23.8 Å². The smallest absolute Gasteiger partial charge is 0.257 e. The zero-order chi connectivity index (χ0) is 14.8. The van der Waals surface area contributed by atoms with E-state index in [0.29, 0.717) is 11.3 Å². The number of ether oxygens (including phenoxy) is 1. The number of carbonyl (C=O) groups excluding carboxylic acids is 1. The molecule has 0 unspecified atom stereocenters. The Labute approximate surface area is 120 Å². The van der Waals surface area contributed by atoms with Gasteiger partial charge in [0, 0.05) is 19.2 Å². The summed E-state index contributed by atoms with van der Waals surface area (Å²) in [6.07, 6.45) is 3.14. The van der Waals surface area contributed by atoms with Crippen LogP contribution in [0.15, 0.2) is 18.2 Å². The minimum atomic E-state index is -0.0946. The maximum Gasteiger partial charge on any atom is 0.257 e. The molecule has 110 valence electrons. The van der Waals surface area contributed by atoms with Crippen LogP contribution in [-0.2, 0) is 0 Å². The summed E-state index contributed by atoms with van der Waals surface area (Å²) in [5.74, 6) is 0.441. The molecule has 1 N–H and O–H groups in total. The monoisotopic (exact) mass is 277 g/mol. The zero-order valence-electron chi connectivity index (χ0n) is 12.5. The predicted octanol–water partition coefficient (Wildman–Crippen LogP) is 3.05. The number of aromatic hydroxyl groups is 1. The summed E-state index contributed by atoms with van der Waals surface area (Å²) in [6, 6.07) is 4.82. The molecule has 0 bridgehead atoms. The van der Waals surface area contributed by atoms with E-state index in [1.165, 1.54) is 13.2 Å². The molecule has 20 heavy (non-hydrogen) atoms. The van der Waals surface area contributed by atoms with Gasteiger partial charge in [-0.15, -0.1) is 0 Å². The highest BCUT2D eigenvalue weighted by molar-refractivity contribution is 5.97. The van der Waals surface area contributed by atoms with Gasteiger partial charge >= 0.3 is 0 Å². The van der Waals surface area contributed by atoms with Gasteiger partial charge in [-0.3, -0.25) is 4.79 Å². The van der Waals surface area contributed by atoms with Crippen molar-refractivity contribution in [1.82, 2.24) is 4.90 Å². The normalized spacial score (nSPS) is 18.4. The second-order valence-corrected chi connectivity index (χ2v) is 6.19. The lowest BCUT2D eigenvalue weighted by Crippen LogP contribution is -2.32. The molecule has 0 aliphatic carbocycles. The third-order valence-corrected chi connectivity index (χ3v) is 4.06. The number of hydrogen-bond acceptors (Lipinski definition) is 3. The number of benzene rings is 1. The third kappa shape index (κ3) is 3.24. The van der Waals surface area contributed by atoms with Crippen molar-refractivity contribution in [2.45, 2.75) is 33.1 Å². The molecule has 1 aromatic carbocycles. The fraction of sp³-hybridized carbons (Fsp3) is 0.562. The van der Waals surface area contributed by atoms with E-state index >= 15 is 0 Å². The number of rotatable bonds is 2. The zero-order valence-corrected chi connectivity index (χ0v) is 12.5. The van der Waals surface area contributed by atoms with Gasteiger partial charge in [-0.25, -0.2) is 0 Å². The predicted molar refractivity (Wildman–Crippen MR) is 78.2 cm³/mol. The molecule has 1 heterocycles. The molecule has 0 aromatic heterocycles. The van der Waals surface area contributed by atoms with E-state index in [0.717, 1.165) is 32.4 Å². The Hall–Kier alpha value is -1.71. The number of likely N-dealkylation sites (tertiary alicyclic amines) is 1. The topological polar surface area (TPSA) is 49.8 Å². The minimum absolute atomic E-state index is 0.0159. The van der Waals surface area contributed by atoms with Gasteiger partial charge in [-0.1, -0.05) is 13.8 Å². The van der Waals surface area contributed by atoms with Crippen LogP contribution < -0.4 is 4.74 Å². The average Bonchev–Trinajstić information content (AvgIpc) is 2.59. The number of phenolic OH excluding ortho intramolecular Hbond substituents is 1. The van der Waals surface area contributed by atoms with Crippen molar-refractivity contribution in [2.24, 2.45) is 5.41 Å². The largest absolute Gasteiger partial charge is 0.507 e. The van der Waals surface area contributed by atoms with Crippen molar-refractivity contribution in [2.75, 3.05) is 20.2 Å². The SMILES string of the molecule is COc1ccc(C(=O)N2CCCC(C)(C)CC2)c(O)c1. The highest BCUT2D eigenvalue weighted by Gasteiger charge is 2.27. The lowest BCUT2D eigenvalue weighted by Gasteiger charge is -2.23. The maximum absolute atomic E-state index is 12.5. The number of phenols is 1. The highest BCUT2D eigenvalue weighted by Crippen LogP contribution is 2.31. The molecule has 4 heteroatoms. The molecule has 4 nitrogen and oxygen atoms in total. The van der Waals surface area contributed by atoms with Crippen LogP contribution in [0.1, 0.15) is 43.5 Å². The lowest BCUT2D eigenvalue weighted by molar-refractivity contribution is 0.0754. The number of methoxy groups -OCH3 is 1. The van der Waals surface area contributed by atoms with Crippen molar-refractivity contribution in [3.63, 3.8) is 0 Å². The molecule has 1 aromatic rings. The fourth-order valence-electron chi connectivity index (χ4n) is 2.62. The molecule has 0 spiro atoms. The van der Waals surface area contributed by atoms with Gasteiger partial charge in [-0.2, -0.15) is 0 Å². The first kappa shape index (κ1) is 14.7. The van der Waals surface area contributed by atoms with Gasteiger partial charge in [0.2, 0.25) is 0 Å². The first-order valence-electron chi connectivity index (χ1n) is 7.09. The minimum Gasteiger partial charge on any atom is -0.507 e. The molecule has 0 saturated carbocycles. The summed E-state index contributed by atoms with van der Waals surface area (Å²) < 4.78 is 5.04. The van der Waals surface area contributed by atoms with E-state index in [1.54, 1.807) is 12.1 Å². The summed E-state index contributed by atoms with van der Waals surface area (Å²) in [4.78, 5) is 14.4. The first-order chi connectivity index (χ1) is 9.43. The van der Waals surface area contributed by atoms with Crippen LogP contribution in [0, 0.1) is 5.41 Å². The van der Waals surface area contributed by atoms with E-state index in [1.807, 2.05) is 4.90 Å². The Balaban J connectivity index is 2.15. The maximum atomic E-state index is 12.5. The lowest BCUT2D eigenvalue weighted by atomic mass is 9.85. The van der Waals surface area contributed by atoms with Crippen LogP contribution in [0.25, 0.3) is 0 Å². The van der Waals surface area contributed by atoms with E-state index in [9.17, 15) is 9.90 Å². The molecule has 2 rings (SSSR count). The van der Waals surface area contributed by atoms with Crippen LogP contribution in [-0.4, -0.2) is 36.1 Å². The molecule has 1 fully saturated rings. The molecule has 1 aliphatic heterocycles. The summed E-state index contributed by atoms with van der Waals surface area (Å²) >= 11 is 0. The third-order valence-electron chi connectivity index (χ3n) is 4.06. The van der Waals surface area contributed by atoms with Crippen LogP contribution in [0.3, 0.4) is 0 Å². The quantitative estimate of drug-likeness (QED) is 0.904. The van der Waals surface area contributed by atoms with E-state index in [4.69, 9.17) is 4.74 Å². The summed E-state index contributed by atoms with van der Waals surface area (Å²) in [7, 11) is 1.53. The Bertz CT molecular complexity index is 496. The Kier molecular flexibility index (Phi) is 4.21. The molecule has 0 atom stereocenters. The Morgan fingerprint density at radius 2 is 2.05 bits per heavy atom. The number of amides is 1. The molecule has 1 amide bonds. The summed E-state index contributed by atoms with van der Waals surface area (Å²) in [5, 5.41) is 9.97. The summed E-state index contributed by atoms with van der Waals surface area (Å²) in [6.45, 7) is 5.99. The second kappa shape index (κ2) is 5.73. The van der Waals surface area contributed by atoms with Crippen LogP contribution in [0.5, 0.6) is 11.5 Å². The summed E-state index contributed by atoms with van der Waals surface area (Å²) in [5.41, 5.74) is 0.641. The van der Waals surface area contributed by atoms with Crippen molar-refractivity contribution in [1.29, 1.82) is 0 Å². The van der Waals surface area contributed by atoms with Gasteiger partial charge in [0.25, 0.3) is 5.91 Å². The molecule has 1 aliphatic rings. The van der Waals surface area contributed by atoms with Gasteiger partial charge < -0.3 is 14.7 Å². The number of hydrogen-bond donors (Lipinski definition) is 1. The first-order valence-corrected chi connectivity index (χ1v) is 7.09. The number of carbonyl (C=O) groups is 1. The molecule has 1 saturated heterocycles. The Morgan fingerprint density at radius 1 is 1.30 bits per heavy atom. The fourth-order valence-corrected chi connectivity index (χ4v) is 2.62. The van der Waals surface area contributed by atoms with Crippen molar-refractivity contribution < 1.29 is 14.6 Å². The van der Waals surface area contributed by atoms with Crippen molar-refractivity contribution >= 4 is 5.91 Å². The average molecular weight is 277 g/mol. The molecule has 0 radical (unpaired) electrons. The van der Waals surface area contributed by atoms with E-state index in [2.05, 4.69) is 13.8 Å². The van der Waals surface area contributed by atoms with Gasteiger partial charge in [0.1, 0.15) is 11.5 Å². The van der Waals surface area contributed by atoms with Gasteiger partial charge in [-0.05, 0) is 36.8 Å².